The number of nitrogens with one attached hydrogen (secondary N) is 1. The normalized spacial score (nSPS) is 11.8. The third-order valence-electron chi connectivity index (χ3n) is 4.75. The van der Waals surface area contributed by atoms with Gasteiger partial charge in [-0.05, 0) is 50.2 Å². The molecule has 0 saturated heterocycles. The average molecular weight is 398 g/mol. The Labute approximate surface area is 172 Å². The number of aromatic nitrogens is 4. The molecular weight excluding hydrogens is 380 g/mol. The Morgan fingerprint density at radius 3 is 2.73 bits per heavy atom. The molecule has 0 radical (unpaired) electrons. The lowest BCUT2D eigenvalue weighted by molar-refractivity contribution is 0.190. The fourth-order valence-electron chi connectivity index (χ4n) is 3.31. The number of nitriles is 1. The van der Waals surface area contributed by atoms with Gasteiger partial charge in [0.2, 0.25) is 0 Å². The molecule has 0 bridgehead atoms. The van der Waals surface area contributed by atoms with Crippen molar-refractivity contribution in [2.45, 2.75) is 19.9 Å². The van der Waals surface area contributed by atoms with E-state index in [1.807, 2.05) is 43.3 Å². The summed E-state index contributed by atoms with van der Waals surface area (Å²) in [6.45, 7) is 3.63. The lowest BCUT2D eigenvalue weighted by atomic mass is 10.0. The van der Waals surface area contributed by atoms with Crippen molar-refractivity contribution in [1.29, 1.82) is 5.26 Å². The molecule has 1 atom stereocenters. The van der Waals surface area contributed by atoms with E-state index in [9.17, 15) is 10.1 Å². The van der Waals surface area contributed by atoms with E-state index < -0.39 is 12.1 Å². The number of hydrogen-bond acceptors (Lipinski definition) is 5. The van der Waals surface area contributed by atoms with Crippen molar-refractivity contribution in [2.24, 2.45) is 0 Å². The quantitative estimate of drug-likeness (QED) is 0.537. The van der Waals surface area contributed by atoms with Crippen molar-refractivity contribution in [1.82, 2.24) is 25.1 Å². The van der Waals surface area contributed by atoms with E-state index in [0.717, 1.165) is 22.2 Å². The highest BCUT2D eigenvalue weighted by molar-refractivity contribution is 5.90. The summed E-state index contributed by atoms with van der Waals surface area (Å²) in [5.41, 5.74) is 4.04. The molecule has 2 N–H and O–H groups in total. The molecule has 8 nitrogen and oxygen atoms in total. The first-order valence-corrected chi connectivity index (χ1v) is 9.29. The maximum absolute atomic E-state index is 10.9. The molecule has 0 saturated carbocycles. The zero-order valence-electron chi connectivity index (χ0n) is 16.4. The molecule has 0 aliphatic heterocycles. The summed E-state index contributed by atoms with van der Waals surface area (Å²) >= 11 is 0. The number of carboxylic acid groups (broad SMARTS) is 1. The third-order valence-corrected chi connectivity index (χ3v) is 4.75. The Kier molecular flexibility index (Phi) is 4.86. The minimum absolute atomic E-state index is 0.469. The average Bonchev–Trinajstić information content (AvgIpc) is 3.17. The molecule has 4 aromatic rings. The number of fused-ring (bicyclic) bond motifs is 1. The van der Waals surface area contributed by atoms with E-state index in [0.29, 0.717) is 22.8 Å². The largest absolute Gasteiger partial charge is 0.465 e. The van der Waals surface area contributed by atoms with Gasteiger partial charge in [-0.15, -0.1) is 0 Å². The predicted octanol–water partition coefficient (Wildman–Crippen LogP) is 3.99. The molecule has 1 aromatic carbocycles. The van der Waals surface area contributed by atoms with Gasteiger partial charge in [-0.1, -0.05) is 12.1 Å². The monoisotopic (exact) mass is 398 g/mol. The van der Waals surface area contributed by atoms with Gasteiger partial charge in [0.05, 0.1) is 40.8 Å². The van der Waals surface area contributed by atoms with Gasteiger partial charge >= 0.3 is 6.09 Å². The number of hydrogen-bond donors (Lipinski definition) is 2. The maximum atomic E-state index is 10.9. The van der Waals surface area contributed by atoms with Gasteiger partial charge in [0.15, 0.2) is 5.82 Å². The molecule has 0 aliphatic rings. The number of rotatable bonds is 4. The Morgan fingerprint density at radius 2 is 2.00 bits per heavy atom. The van der Waals surface area contributed by atoms with Crippen molar-refractivity contribution in [3.05, 3.63) is 71.7 Å². The lowest BCUT2D eigenvalue weighted by Gasteiger charge is -2.12. The Bertz CT molecular complexity index is 1300. The molecule has 0 aliphatic carbocycles. The molecule has 1 unspecified atom stereocenters. The summed E-state index contributed by atoms with van der Waals surface area (Å²) in [6.07, 6.45) is 0.544. The van der Waals surface area contributed by atoms with Gasteiger partial charge in [-0.25, -0.2) is 14.5 Å². The SMILES string of the molecule is Cc1cccc(-n2ncc3c(C#N)cc(-c4cccc(C(C)NC(=O)O)n4)cc32)n1. The number of benzene rings is 1. The van der Waals surface area contributed by atoms with Gasteiger partial charge in [-0.3, -0.25) is 4.98 Å². The highest BCUT2D eigenvalue weighted by atomic mass is 16.4. The van der Waals surface area contributed by atoms with E-state index in [2.05, 4.69) is 26.5 Å². The van der Waals surface area contributed by atoms with Gasteiger partial charge in [0.1, 0.15) is 0 Å². The van der Waals surface area contributed by atoms with E-state index >= 15 is 0 Å². The van der Waals surface area contributed by atoms with Crippen LogP contribution in [-0.2, 0) is 0 Å². The maximum Gasteiger partial charge on any atom is 0.405 e. The van der Waals surface area contributed by atoms with Gasteiger partial charge in [-0.2, -0.15) is 10.4 Å². The van der Waals surface area contributed by atoms with Crippen LogP contribution >= 0.6 is 0 Å². The summed E-state index contributed by atoms with van der Waals surface area (Å²) in [5, 5.41) is 26.2. The second-order valence-corrected chi connectivity index (χ2v) is 6.88. The molecule has 8 heteroatoms. The van der Waals surface area contributed by atoms with Crippen molar-refractivity contribution >= 4 is 17.0 Å². The number of nitrogens with zero attached hydrogens (tertiary/aromatic N) is 5. The van der Waals surface area contributed by atoms with Gasteiger partial charge < -0.3 is 10.4 Å². The highest BCUT2D eigenvalue weighted by Gasteiger charge is 2.15. The van der Waals surface area contributed by atoms with Crippen molar-refractivity contribution in [3.8, 4) is 23.1 Å². The first-order valence-electron chi connectivity index (χ1n) is 9.29. The van der Waals surface area contributed by atoms with Crippen LogP contribution in [0.25, 0.3) is 28.0 Å². The first-order chi connectivity index (χ1) is 14.5. The third kappa shape index (κ3) is 3.56. The second-order valence-electron chi connectivity index (χ2n) is 6.88. The first kappa shape index (κ1) is 19.1. The molecule has 0 fully saturated rings. The number of aryl methyl sites for hydroxylation is 1. The van der Waals surface area contributed by atoms with Crippen LogP contribution in [0.3, 0.4) is 0 Å². The van der Waals surface area contributed by atoms with Crippen LogP contribution in [0.4, 0.5) is 4.79 Å². The predicted molar refractivity (Wildman–Crippen MR) is 111 cm³/mol. The zero-order valence-corrected chi connectivity index (χ0v) is 16.4. The molecule has 148 valence electrons. The zero-order chi connectivity index (χ0) is 21.3. The molecule has 0 spiro atoms. The minimum Gasteiger partial charge on any atom is -0.465 e. The van der Waals surface area contributed by atoms with Crippen LogP contribution < -0.4 is 5.32 Å². The standard InChI is InChI=1S/C22H18N6O2/c1-13-5-3-8-21(25-13)28-20-10-15(9-16(11-23)17(20)12-24-28)19-7-4-6-18(27-19)14(2)26-22(29)30/h3-10,12,14,26H,1-2H3,(H,29,30). The molecule has 3 heterocycles. The van der Waals surface area contributed by atoms with Crippen LogP contribution in [0.15, 0.2) is 54.7 Å². The number of amides is 1. The summed E-state index contributed by atoms with van der Waals surface area (Å²) in [7, 11) is 0. The molecule has 30 heavy (non-hydrogen) atoms. The fraction of sp³-hybridized carbons (Fsp3) is 0.136. The van der Waals surface area contributed by atoms with Crippen molar-refractivity contribution < 1.29 is 9.90 Å². The summed E-state index contributed by atoms with van der Waals surface area (Å²) in [6, 6.07) is 16.5. The van der Waals surface area contributed by atoms with Gasteiger partial charge in [0.25, 0.3) is 0 Å². The van der Waals surface area contributed by atoms with E-state index in [1.165, 1.54) is 0 Å². The van der Waals surface area contributed by atoms with Gasteiger partial charge in [0, 0.05) is 16.6 Å². The highest BCUT2D eigenvalue weighted by Crippen LogP contribution is 2.28. The second kappa shape index (κ2) is 7.64. The van der Waals surface area contributed by atoms with Crippen LogP contribution in [0.5, 0.6) is 0 Å². The minimum atomic E-state index is -1.11. The van der Waals surface area contributed by atoms with Crippen molar-refractivity contribution in [2.75, 3.05) is 0 Å². The van der Waals surface area contributed by atoms with Crippen molar-refractivity contribution in [3.63, 3.8) is 0 Å². The summed E-state index contributed by atoms with van der Waals surface area (Å²) < 4.78 is 1.70. The molecule has 3 aromatic heterocycles. The smallest absolute Gasteiger partial charge is 0.405 e. The molecule has 1 amide bonds. The topological polar surface area (TPSA) is 117 Å². The Hall–Kier alpha value is -4.25. The van der Waals surface area contributed by atoms with E-state index in [4.69, 9.17) is 5.11 Å². The molecule has 4 rings (SSSR count). The molecular formula is C22H18N6O2. The van der Waals surface area contributed by atoms with E-state index in [1.54, 1.807) is 29.9 Å². The van der Waals surface area contributed by atoms with Crippen LogP contribution in [0, 0.1) is 18.3 Å². The van der Waals surface area contributed by atoms with Crippen LogP contribution in [0.2, 0.25) is 0 Å². The fourth-order valence-corrected chi connectivity index (χ4v) is 3.31. The summed E-state index contributed by atoms with van der Waals surface area (Å²) in [4.78, 5) is 20.1. The lowest BCUT2D eigenvalue weighted by Crippen LogP contribution is -2.25. The Morgan fingerprint density at radius 1 is 1.20 bits per heavy atom. The Balaban J connectivity index is 1.86. The van der Waals surface area contributed by atoms with Crippen LogP contribution in [0.1, 0.15) is 29.9 Å². The van der Waals surface area contributed by atoms with Crippen LogP contribution in [-0.4, -0.2) is 30.9 Å². The van der Waals surface area contributed by atoms with E-state index in [-0.39, 0.29) is 0 Å². The number of carbonyl (C=O) groups is 1. The number of pyridine rings is 2. The summed E-state index contributed by atoms with van der Waals surface area (Å²) in [5.74, 6) is 0.659.